The number of carbonyl (C=O) groups is 1. The third-order valence-electron chi connectivity index (χ3n) is 3.83. The predicted molar refractivity (Wildman–Crippen MR) is 89.9 cm³/mol. The van der Waals surface area contributed by atoms with Gasteiger partial charge in [0.15, 0.2) is 0 Å². The molecular weight excluding hydrogens is 368 g/mol. The van der Waals surface area contributed by atoms with Gasteiger partial charge in [0.25, 0.3) is 0 Å². The Kier molecular flexibility index (Phi) is 7.31. The van der Waals surface area contributed by atoms with E-state index in [1.807, 2.05) is 0 Å². The molecule has 110 valence electrons. The van der Waals surface area contributed by atoms with Crippen LogP contribution in [0.2, 0.25) is 0 Å². The van der Waals surface area contributed by atoms with E-state index in [-0.39, 0.29) is 16.7 Å². The minimum atomic E-state index is 0.0911. The van der Waals surface area contributed by atoms with Gasteiger partial charge in [-0.05, 0) is 31.1 Å². The summed E-state index contributed by atoms with van der Waals surface area (Å²) in [6, 6.07) is 0. The molecule has 19 heavy (non-hydrogen) atoms. The Balaban J connectivity index is 2.72. The Morgan fingerprint density at radius 1 is 1.11 bits per heavy atom. The molecule has 3 heteroatoms. The van der Waals surface area contributed by atoms with Gasteiger partial charge in [0.2, 0.25) is 0 Å². The Labute approximate surface area is 134 Å². The summed E-state index contributed by atoms with van der Waals surface area (Å²) in [6.45, 7) is 8.88. The number of carbonyl (C=O) groups excluding carboxylic acids is 1. The molecule has 0 aromatic carbocycles. The second-order valence-electron chi connectivity index (χ2n) is 6.50. The van der Waals surface area contributed by atoms with E-state index in [0.717, 1.165) is 30.2 Å². The third kappa shape index (κ3) is 5.34. The summed E-state index contributed by atoms with van der Waals surface area (Å²) < 4.78 is 1.08. The molecule has 3 unspecified atom stereocenters. The van der Waals surface area contributed by atoms with Crippen LogP contribution in [-0.2, 0) is 4.79 Å². The van der Waals surface area contributed by atoms with Gasteiger partial charge in [-0.3, -0.25) is 4.79 Å². The highest BCUT2D eigenvalue weighted by atomic mass is 79.9. The number of rotatable bonds is 6. The Hall–Kier alpha value is 0.370. The molecule has 0 fully saturated rings. The van der Waals surface area contributed by atoms with Gasteiger partial charge in [0.1, 0.15) is 5.78 Å². The normalized spacial score (nSPS) is 28.1. The lowest BCUT2D eigenvalue weighted by Crippen LogP contribution is -2.34. The van der Waals surface area contributed by atoms with Crippen molar-refractivity contribution in [1.29, 1.82) is 0 Å². The molecule has 0 aromatic rings. The summed E-state index contributed by atoms with van der Waals surface area (Å²) in [5.41, 5.74) is 0. The SMILES string of the molecule is CC(C)CCC1C(=O)C(CCC(C)C)C(Br)C=C1Br. The molecule has 0 saturated carbocycles. The molecule has 0 aliphatic heterocycles. The van der Waals surface area contributed by atoms with E-state index in [2.05, 4.69) is 65.6 Å². The maximum atomic E-state index is 12.7. The summed E-state index contributed by atoms with van der Waals surface area (Å²) in [6.07, 6.45) is 6.41. The van der Waals surface area contributed by atoms with E-state index in [4.69, 9.17) is 0 Å². The maximum Gasteiger partial charge on any atom is 0.145 e. The van der Waals surface area contributed by atoms with E-state index in [9.17, 15) is 4.79 Å². The fourth-order valence-corrected chi connectivity index (χ4v) is 4.43. The van der Waals surface area contributed by atoms with Crippen molar-refractivity contribution in [2.45, 2.75) is 58.2 Å². The van der Waals surface area contributed by atoms with Crippen molar-refractivity contribution >= 4 is 37.6 Å². The van der Waals surface area contributed by atoms with Gasteiger partial charge < -0.3 is 0 Å². The molecule has 3 atom stereocenters. The molecule has 0 saturated heterocycles. The van der Waals surface area contributed by atoms with Gasteiger partial charge >= 0.3 is 0 Å². The lowest BCUT2D eigenvalue weighted by molar-refractivity contribution is -0.126. The fourth-order valence-electron chi connectivity index (χ4n) is 2.53. The summed E-state index contributed by atoms with van der Waals surface area (Å²) >= 11 is 7.27. The van der Waals surface area contributed by atoms with Crippen LogP contribution in [0.15, 0.2) is 10.6 Å². The van der Waals surface area contributed by atoms with Crippen LogP contribution in [0, 0.1) is 23.7 Å². The molecule has 0 heterocycles. The molecule has 1 rings (SSSR count). The number of allylic oxidation sites excluding steroid dienone is 2. The van der Waals surface area contributed by atoms with Crippen molar-refractivity contribution < 1.29 is 4.79 Å². The van der Waals surface area contributed by atoms with E-state index < -0.39 is 0 Å². The van der Waals surface area contributed by atoms with Crippen LogP contribution in [0.4, 0.5) is 0 Å². The van der Waals surface area contributed by atoms with Gasteiger partial charge in [0, 0.05) is 21.1 Å². The topological polar surface area (TPSA) is 17.1 Å². The van der Waals surface area contributed by atoms with E-state index >= 15 is 0 Å². The minimum absolute atomic E-state index is 0.0911. The lowest BCUT2D eigenvalue weighted by atomic mass is 9.79. The number of alkyl halides is 1. The highest BCUT2D eigenvalue weighted by Gasteiger charge is 2.36. The molecule has 0 radical (unpaired) electrons. The molecule has 0 aromatic heterocycles. The van der Waals surface area contributed by atoms with Crippen molar-refractivity contribution in [3.05, 3.63) is 10.6 Å². The largest absolute Gasteiger partial charge is 0.299 e. The first-order chi connectivity index (χ1) is 8.82. The quantitative estimate of drug-likeness (QED) is 0.527. The number of hydrogen-bond donors (Lipinski definition) is 0. The second kappa shape index (κ2) is 7.97. The average molecular weight is 394 g/mol. The second-order valence-corrected chi connectivity index (χ2v) is 8.47. The number of hydrogen-bond acceptors (Lipinski definition) is 1. The first-order valence-corrected chi connectivity index (χ1v) is 9.08. The summed E-state index contributed by atoms with van der Waals surface area (Å²) in [4.78, 5) is 12.9. The standard InChI is InChI=1S/C16H26Br2O/c1-10(2)5-7-12-14(17)9-15(18)13(16(12)19)8-6-11(3)4/h9-14H,5-8H2,1-4H3. The van der Waals surface area contributed by atoms with E-state index in [1.165, 1.54) is 0 Å². The molecule has 1 aliphatic rings. The van der Waals surface area contributed by atoms with Crippen LogP contribution in [0.1, 0.15) is 53.4 Å². The Morgan fingerprint density at radius 2 is 1.63 bits per heavy atom. The van der Waals surface area contributed by atoms with Crippen LogP contribution in [-0.4, -0.2) is 10.6 Å². The van der Waals surface area contributed by atoms with Crippen LogP contribution < -0.4 is 0 Å². The van der Waals surface area contributed by atoms with Crippen molar-refractivity contribution in [3.8, 4) is 0 Å². The van der Waals surface area contributed by atoms with Gasteiger partial charge in [-0.25, -0.2) is 0 Å². The molecule has 0 amide bonds. The first kappa shape index (κ1) is 17.4. The molecular formula is C16H26Br2O. The predicted octanol–water partition coefficient (Wildman–Crippen LogP) is 5.72. The average Bonchev–Trinajstić information content (AvgIpc) is 2.27. The molecule has 1 nitrogen and oxygen atoms in total. The highest BCUT2D eigenvalue weighted by molar-refractivity contribution is 9.12. The molecule has 0 N–H and O–H groups in total. The third-order valence-corrected chi connectivity index (χ3v) is 5.55. The minimum Gasteiger partial charge on any atom is -0.299 e. The van der Waals surface area contributed by atoms with E-state index in [0.29, 0.717) is 17.6 Å². The van der Waals surface area contributed by atoms with Crippen LogP contribution in [0.25, 0.3) is 0 Å². The van der Waals surface area contributed by atoms with Crippen LogP contribution in [0.5, 0.6) is 0 Å². The summed E-state index contributed by atoms with van der Waals surface area (Å²) in [5, 5.41) is 0. The Morgan fingerprint density at radius 3 is 2.16 bits per heavy atom. The number of ketones is 1. The lowest BCUT2D eigenvalue weighted by Gasteiger charge is -2.30. The first-order valence-electron chi connectivity index (χ1n) is 7.38. The fraction of sp³-hybridized carbons (Fsp3) is 0.812. The van der Waals surface area contributed by atoms with Gasteiger partial charge in [-0.2, -0.15) is 0 Å². The zero-order chi connectivity index (χ0) is 14.6. The van der Waals surface area contributed by atoms with Crippen molar-refractivity contribution in [3.63, 3.8) is 0 Å². The van der Waals surface area contributed by atoms with E-state index in [1.54, 1.807) is 0 Å². The Bertz CT molecular complexity index is 334. The number of halogens is 2. The molecule has 1 aliphatic carbocycles. The van der Waals surface area contributed by atoms with Crippen LogP contribution in [0.3, 0.4) is 0 Å². The monoisotopic (exact) mass is 392 g/mol. The van der Waals surface area contributed by atoms with Gasteiger partial charge in [-0.1, -0.05) is 72.1 Å². The van der Waals surface area contributed by atoms with Crippen molar-refractivity contribution in [2.24, 2.45) is 23.7 Å². The summed E-state index contributed by atoms with van der Waals surface area (Å²) in [5.74, 6) is 1.99. The van der Waals surface area contributed by atoms with Crippen molar-refractivity contribution in [1.82, 2.24) is 0 Å². The summed E-state index contributed by atoms with van der Waals surface area (Å²) in [7, 11) is 0. The highest BCUT2D eigenvalue weighted by Crippen LogP contribution is 2.38. The van der Waals surface area contributed by atoms with Gasteiger partial charge in [-0.15, -0.1) is 0 Å². The molecule has 0 spiro atoms. The smallest absolute Gasteiger partial charge is 0.145 e. The maximum absolute atomic E-state index is 12.7. The van der Waals surface area contributed by atoms with Gasteiger partial charge in [0.05, 0.1) is 0 Å². The zero-order valence-corrected chi connectivity index (χ0v) is 15.6. The molecule has 0 bridgehead atoms. The van der Waals surface area contributed by atoms with Crippen molar-refractivity contribution in [2.75, 3.05) is 0 Å². The zero-order valence-electron chi connectivity index (χ0n) is 12.5. The van der Waals surface area contributed by atoms with Crippen LogP contribution >= 0.6 is 31.9 Å². The number of Topliss-reactive ketones (excluding diaryl/α,β-unsaturated/α-hetero) is 1.